The van der Waals surface area contributed by atoms with Gasteiger partial charge in [0.25, 0.3) is 0 Å². The number of ether oxygens (including phenoxy) is 1. The predicted molar refractivity (Wildman–Crippen MR) is 112 cm³/mol. The Morgan fingerprint density at radius 2 is 1.54 bits per heavy atom. The predicted octanol–water partition coefficient (Wildman–Crippen LogP) is 5.88. The smallest absolute Gasteiger partial charge is 0.441 e. The SMILES string of the molecule is CCCCC/C=C/CC/C=C\COC(=O)NOC(=O)c1c(C)cc(C)cc1C. The molecule has 0 radical (unpaired) electrons. The molecule has 0 bridgehead atoms. The second-order valence-corrected chi connectivity index (χ2v) is 6.88. The van der Waals surface area contributed by atoms with Crippen molar-refractivity contribution in [2.75, 3.05) is 6.61 Å². The molecular formula is C23H33NO4. The van der Waals surface area contributed by atoms with Crippen molar-refractivity contribution in [2.24, 2.45) is 0 Å². The zero-order chi connectivity index (χ0) is 20.8. The molecule has 28 heavy (non-hydrogen) atoms. The number of hydroxylamine groups is 1. The van der Waals surface area contributed by atoms with Gasteiger partial charge in [-0.05, 0) is 57.6 Å². The van der Waals surface area contributed by atoms with E-state index in [4.69, 9.17) is 9.57 Å². The monoisotopic (exact) mass is 387 g/mol. The van der Waals surface area contributed by atoms with Crippen molar-refractivity contribution in [1.82, 2.24) is 5.48 Å². The highest BCUT2D eigenvalue weighted by molar-refractivity contribution is 5.93. The molecule has 0 saturated carbocycles. The van der Waals surface area contributed by atoms with Gasteiger partial charge < -0.3 is 9.57 Å². The van der Waals surface area contributed by atoms with Crippen LogP contribution in [0.2, 0.25) is 0 Å². The van der Waals surface area contributed by atoms with Crippen molar-refractivity contribution >= 4 is 12.1 Å². The van der Waals surface area contributed by atoms with Crippen LogP contribution in [0.4, 0.5) is 4.79 Å². The van der Waals surface area contributed by atoms with Crippen LogP contribution < -0.4 is 5.48 Å². The number of rotatable bonds is 10. The van der Waals surface area contributed by atoms with E-state index >= 15 is 0 Å². The lowest BCUT2D eigenvalue weighted by atomic mass is 10.0. The van der Waals surface area contributed by atoms with E-state index in [0.717, 1.165) is 36.0 Å². The first-order valence-corrected chi connectivity index (χ1v) is 9.97. The van der Waals surface area contributed by atoms with Crippen LogP contribution in [0.3, 0.4) is 0 Å². The standard InChI is InChI=1S/C23H33NO4/c1-5-6-7-8-9-10-11-12-13-14-15-27-23(26)24-28-22(25)21-19(3)16-18(2)17-20(21)4/h9-10,13-14,16-17H,5-8,11-12,15H2,1-4H3,(H,24,26)/b10-9+,14-13-. The van der Waals surface area contributed by atoms with Crippen molar-refractivity contribution in [3.05, 3.63) is 58.7 Å². The summed E-state index contributed by atoms with van der Waals surface area (Å²) in [5, 5.41) is 0. The molecule has 1 rings (SSSR count). The summed E-state index contributed by atoms with van der Waals surface area (Å²) in [5.74, 6) is -0.604. The number of unbranched alkanes of at least 4 members (excludes halogenated alkanes) is 4. The number of hydrogen-bond donors (Lipinski definition) is 1. The maximum Gasteiger partial charge on any atom is 0.441 e. The zero-order valence-corrected chi connectivity index (χ0v) is 17.5. The van der Waals surface area contributed by atoms with E-state index in [2.05, 4.69) is 19.1 Å². The van der Waals surface area contributed by atoms with Gasteiger partial charge in [-0.3, -0.25) is 0 Å². The number of hydrogen-bond acceptors (Lipinski definition) is 4. The molecular weight excluding hydrogens is 354 g/mol. The zero-order valence-electron chi connectivity index (χ0n) is 17.5. The Bertz CT molecular complexity index is 669. The van der Waals surface area contributed by atoms with Crippen LogP contribution in [-0.2, 0) is 9.57 Å². The van der Waals surface area contributed by atoms with Crippen molar-refractivity contribution in [3.8, 4) is 0 Å². The molecule has 0 aromatic heterocycles. The van der Waals surface area contributed by atoms with E-state index < -0.39 is 12.1 Å². The number of nitrogens with one attached hydrogen (secondary N) is 1. The van der Waals surface area contributed by atoms with Gasteiger partial charge in [-0.1, -0.05) is 61.8 Å². The first kappa shape index (κ1) is 23.5. The molecule has 5 heteroatoms. The van der Waals surface area contributed by atoms with E-state index in [1.165, 1.54) is 19.3 Å². The van der Waals surface area contributed by atoms with E-state index in [0.29, 0.717) is 5.56 Å². The Kier molecular flexibility index (Phi) is 11.4. The number of carbonyl (C=O) groups is 2. The highest BCUT2D eigenvalue weighted by Crippen LogP contribution is 2.17. The normalized spacial score (nSPS) is 11.1. The molecule has 0 aliphatic heterocycles. The number of aryl methyl sites for hydroxylation is 3. The average Bonchev–Trinajstić information content (AvgIpc) is 2.63. The minimum Gasteiger partial charge on any atom is -0.443 e. The average molecular weight is 388 g/mol. The maximum absolute atomic E-state index is 12.1. The maximum atomic E-state index is 12.1. The molecule has 0 fully saturated rings. The number of allylic oxidation sites excluding steroid dienone is 3. The second-order valence-electron chi connectivity index (χ2n) is 6.88. The molecule has 1 aromatic rings. The quantitative estimate of drug-likeness (QED) is 0.309. The van der Waals surface area contributed by atoms with Crippen molar-refractivity contribution < 1.29 is 19.2 Å². The van der Waals surface area contributed by atoms with Crippen LogP contribution >= 0.6 is 0 Å². The number of benzene rings is 1. The lowest BCUT2D eigenvalue weighted by Gasteiger charge is -2.10. The lowest BCUT2D eigenvalue weighted by molar-refractivity contribution is 0.0221. The van der Waals surface area contributed by atoms with E-state index in [-0.39, 0.29) is 6.61 Å². The Morgan fingerprint density at radius 3 is 2.18 bits per heavy atom. The first-order valence-electron chi connectivity index (χ1n) is 9.97. The minimum atomic E-state index is -0.795. The summed E-state index contributed by atoms with van der Waals surface area (Å²) in [5.41, 5.74) is 5.16. The fraction of sp³-hybridized carbons (Fsp3) is 0.478. The topological polar surface area (TPSA) is 64.6 Å². The Labute approximate surface area is 168 Å². The number of amides is 1. The van der Waals surface area contributed by atoms with Crippen LogP contribution in [0.15, 0.2) is 36.4 Å². The van der Waals surface area contributed by atoms with E-state index in [1.54, 1.807) is 6.08 Å². The van der Waals surface area contributed by atoms with Gasteiger partial charge in [0.05, 0.1) is 5.56 Å². The van der Waals surface area contributed by atoms with Crippen LogP contribution in [0.25, 0.3) is 0 Å². The van der Waals surface area contributed by atoms with Gasteiger partial charge in [-0.25, -0.2) is 9.59 Å². The lowest BCUT2D eigenvalue weighted by Crippen LogP contribution is -2.28. The fourth-order valence-electron chi connectivity index (χ4n) is 2.92. The molecule has 0 aliphatic rings. The Balaban J connectivity index is 2.21. The summed E-state index contributed by atoms with van der Waals surface area (Å²) >= 11 is 0. The van der Waals surface area contributed by atoms with Crippen LogP contribution in [0, 0.1) is 20.8 Å². The minimum absolute atomic E-state index is 0.131. The third-order valence-electron chi connectivity index (χ3n) is 4.23. The van der Waals surface area contributed by atoms with Gasteiger partial charge in [0.1, 0.15) is 6.61 Å². The van der Waals surface area contributed by atoms with Gasteiger partial charge in [-0.2, -0.15) is 0 Å². The molecule has 154 valence electrons. The van der Waals surface area contributed by atoms with Crippen LogP contribution in [0.5, 0.6) is 0 Å². The summed E-state index contributed by atoms with van der Waals surface area (Å²) in [6, 6.07) is 3.79. The van der Waals surface area contributed by atoms with Crippen molar-refractivity contribution in [1.29, 1.82) is 0 Å². The molecule has 1 N–H and O–H groups in total. The molecule has 5 nitrogen and oxygen atoms in total. The van der Waals surface area contributed by atoms with Gasteiger partial charge >= 0.3 is 12.1 Å². The molecule has 0 aliphatic carbocycles. The summed E-state index contributed by atoms with van der Waals surface area (Å²) in [6.07, 6.45) is 14.1. The number of carbonyl (C=O) groups excluding carboxylic acids is 2. The second kappa shape index (κ2) is 13.6. The van der Waals surface area contributed by atoms with Gasteiger partial charge in [-0.15, -0.1) is 5.48 Å². The van der Waals surface area contributed by atoms with Crippen molar-refractivity contribution in [2.45, 2.75) is 66.2 Å². The van der Waals surface area contributed by atoms with Gasteiger partial charge in [0.2, 0.25) is 0 Å². The molecule has 1 aromatic carbocycles. The van der Waals surface area contributed by atoms with E-state index in [1.807, 2.05) is 44.5 Å². The first-order chi connectivity index (χ1) is 13.5. The molecule has 0 unspecified atom stereocenters. The summed E-state index contributed by atoms with van der Waals surface area (Å²) in [7, 11) is 0. The molecule has 0 spiro atoms. The van der Waals surface area contributed by atoms with Crippen LogP contribution in [0.1, 0.15) is 72.5 Å². The third kappa shape index (κ3) is 9.40. The highest BCUT2D eigenvalue weighted by Gasteiger charge is 2.16. The Morgan fingerprint density at radius 1 is 0.929 bits per heavy atom. The largest absolute Gasteiger partial charge is 0.443 e. The summed E-state index contributed by atoms with van der Waals surface area (Å²) in [4.78, 5) is 28.6. The third-order valence-corrected chi connectivity index (χ3v) is 4.23. The van der Waals surface area contributed by atoms with Crippen LogP contribution in [-0.4, -0.2) is 18.7 Å². The molecule has 1 amide bonds. The molecule has 0 saturated heterocycles. The fourth-order valence-corrected chi connectivity index (χ4v) is 2.92. The van der Waals surface area contributed by atoms with E-state index in [9.17, 15) is 9.59 Å². The molecule has 0 heterocycles. The van der Waals surface area contributed by atoms with Gasteiger partial charge in [0.15, 0.2) is 0 Å². The van der Waals surface area contributed by atoms with Gasteiger partial charge in [0, 0.05) is 0 Å². The summed E-state index contributed by atoms with van der Waals surface area (Å²) < 4.78 is 4.95. The summed E-state index contributed by atoms with van der Waals surface area (Å²) in [6.45, 7) is 7.96. The van der Waals surface area contributed by atoms with Crippen molar-refractivity contribution in [3.63, 3.8) is 0 Å². The molecule has 0 atom stereocenters. The Hall–Kier alpha value is -2.56. The highest BCUT2D eigenvalue weighted by atomic mass is 16.7.